The summed E-state index contributed by atoms with van der Waals surface area (Å²) < 4.78 is 0. The van der Waals surface area contributed by atoms with Crippen molar-refractivity contribution < 1.29 is 25.2 Å². The highest BCUT2D eigenvalue weighted by Gasteiger charge is 2.20. The van der Waals surface area contributed by atoms with Crippen LogP contribution in [-0.4, -0.2) is 26.2 Å². The van der Waals surface area contributed by atoms with Gasteiger partial charge in [-0.05, 0) is 12.5 Å². The molecule has 4 N–H and O–H groups in total. The van der Waals surface area contributed by atoms with Crippen LogP contribution in [0.4, 0.5) is 0 Å². The van der Waals surface area contributed by atoms with Gasteiger partial charge in [0.1, 0.15) is 0 Å². The summed E-state index contributed by atoms with van der Waals surface area (Å²) in [7, 11) is 0. The molecule has 0 bridgehead atoms. The number of Topliss-reactive ketones (excluding diaryl/α,β-unsaturated/α-hetero) is 1. The number of carbonyl (C=O) groups excluding carboxylic acids is 1. The Hall–Kier alpha value is -1.91. The zero-order valence-corrected chi connectivity index (χ0v) is 14.6. The van der Waals surface area contributed by atoms with Crippen LogP contribution in [0, 0.1) is 0 Å². The van der Waals surface area contributed by atoms with Crippen molar-refractivity contribution >= 4 is 5.78 Å². The lowest BCUT2D eigenvalue weighted by Gasteiger charge is -2.08. The molecule has 136 valence electrons. The summed E-state index contributed by atoms with van der Waals surface area (Å²) in [6.07, 6.45) is 11.9. The van der Waals surface area contributed by atoms with Crippen molar-refractivity contribution in [2.24, 2.45) is 0 Å². The minimum Gasteiger partial charge on any atom is -0.504 e. The smallest absolute Gasteiger partial charge is 0.205 e. The summed E-state index contributed by atoms with van der Waals surface area (Å²) in [6, 6.07) is 0.989. The Balaban J connectivity index is 2.23. The van der Waals surface area contributed by atoms with E-state index in [2.05, 4.69) is 6.92 Å². The van der Waals surface area contributed by atoms with E-state index in [0.29, 0.717) is 6.42 Å². The third-order valence-corrected chi connectivity index (χ3v) is 4.29. The fourth-order valence-corrected chi connectivity index (χ4v) is 2.75. The van der Waals surface area contributed by atoms with Crippen LogP contribution in [0.3, 0.4) is 0 Å². The molecule has 1 aromatic rings. The quantitative estimate of drug-likeness (QED) is 0.186. The van der Waals surface area contributed by atoms with Crippen molar-refractivity contribution in [3.63, 3.8) is 0 Å². The number of carbonyl (C=O) groups is 1. The van der Waals surface area contributed by atoms with E-state index in [4.69, 9.17) is 0 Å². The SMILES string of the molecule is CCCCCCCCCCCCC(=O)c1cc(O)c(O)c(O)c1O. The minimum atomic E-state index is -0.860. The van der Waals surface area contributed by atoms with E-state index in [1.54, 1.807) is 0 Å². The minimum absolute atomic E-state index is 0.154. The molecule has 5 nitrogen and oxygen atoms in total. The van der Waals surface area contributed by atoms with Gasteiger partial charge in [0.05, 0.1) is 5.56 Å². The van der Waals surface area contributed by atoms with Crippen LogP contribution in [0.5, 0.6) is 23.0 Å². The van der Waals surface area contributed by atoms with Crippen molar-refractivity contribution in [1.29, 1.82) is 0 Å². The summed E-state index contributed by atoms with van der Waals surface area (Å²) in [5.41, 5.74) is -0.154. The molecule has 0 aliphatic heterocycles. The topological polar surface area (TPSA) is 98.0 Å². The van der Waals surface area contributed by atoms with Gasteiger partial charge in [-0.15, -0.1) is 0 Å². The second-order valence-corrected chi connectivity index (χ2v) is 6.34. The molecule has 0 heterocycles. The summed E-state index contributed by atoms with van der Waals surface area (Å²) >= 11 is 0. The van der Waals surface area contributed by atoms with Crippen molar-refractivity contribution in [3.8, 4) is 23.0 Å². The lowest BCUT2D eigenvalue weighted by atomic mass is 10.0. The van der Waals surface area contributed by atoms with Crippen molar-refractivity contribution in [2.45, 2.75) is 77.6 Å². The molecule has 0 aliphatic rings. The maximum absolute atomic E-state index is 12.1. The van der Waals surface area contributed by atoms with E-state index in [1.807, 2.05) is 0 Å². The number of ketones is 1. The molecular weight excluding hydrogens is 308 g/mol. The predicted molar refractivity (Wildman–Crippen MR) is 93.9 cm³/mol. The maximum Gasteiger partial charge on any atom is 0.205 e. The summed E-state index contributed by atoms with van der Waals surface area (Å²) in [6.45, 7) is 2.21. The molecule has 0 spiro atoms. The van der Waals surface area contributed by atoms with Crippen LogP contribution < -0.4 is 0 Å². The molecule has 0 saturated heterocycles. The monoisotopic (exact) mass is 338 g/mol. The number of hydrogen-bond donors (Lipinski definition) is 4. The van der Waals surface area contributed by atoms with E-state index in [-0.39, 0.29) is 17.8 Å². The Kier molecular flexibility index (Phi) is 9.05. The van der Waals surface area contributed by atoms with Crippen LogP contribution >= 0.6 is 0 Å². The molecule has 1 rings (SSSR count). The highest BCUT2D eigenvalue weighted by atomic mass is 16.3. The first-order chi connectivity index (χ1) is 11.5. The fourth-order valence-electron chi connectivity index (χ4n) is 2.75. The number of benzene rings is 1. The molecule has 24 heavy (non-hydrogen) atoms. The Morgan fingerprint density at radius 2 is 1.25 bits per heavy atom. The number of rotatable bonds is 12. The third kappa shape index (κ3) is 6.30. The Bertz CT molecular complexity index is 525. The van der Waals surface area contributed by atoms with E-state index in [0.717, 1.165) is 18.9 Å². The van der Waals surface area contributed by atoms with Crippen molar-refractivity contribution in [3.05, 3.63) is 11.6 Å². The van der Waals surface area contributed by atoms with E-state index >= 15 is 0 Å². The molecule has 0 radical (unpaired) electrons. The molecule has 0 amide bonds. The Morgan fingerprint density at radius 1 is 0.750 bits per heavy atom. The Morgan fingerprint density at radius 3 is 1.79 bits per heavy atom. The normalized spacial score (nSPS) is 10.9. The molecular formula is C19H30O5. The van der Waals surface area contributed by atoms with E-state index < -0.39 is 23.0 Å². The maximum atomic E-state index is 12.1. The van der Waals surface area contributed by atoms with Crippen LogP contribution in [0.2, 0.25) is 0 Å². The highest BCUT2D eigenvalue weighted by molar-refractivity contribution is 6.00. The van der Waals surface area contributed by atoms with Gasteiger partial charge in [0.25, 0.3) is 0 Å². The average Bonchev–Trinajstić information content (AvgIpc) is 2.57. The van der Waals surface area contributed by atoms with E-state index in [9.17, 15) is 25.2 Å². The fraction of sp³-hybridized carbons (Fsp3) is 0.632. The van der Waals surface area contributed by atoms with Gasteiger partial charge in [-0.25, -0.2) is 0 Å². The van der Waals surface area contributed by atoms with Crippen LogP contribution in [-0.2, 0) is 0 Å². The van der Waals surface area contributed by atoms with Gasteiger partial charge in [0.15, 0.2) is 17.3 Å². The molecule has 0 unspecified atom stereocenters. The largest absolute Gasteiger partial charge is 0.504 e. The number of hydrogen-bond acceptors (Lipinski definition) is 5. The molecule has 0 aromatic heterocycles. The van der Waals surface area contributed by atoms with Gasteiger partial charge in [0, 0.05) is 6.42 Å². The molecule has 0 saturated carbocycles. The zero-order chi connectivity index (χ0) is 17.9. The first-order valence-electron chi connectivity index (χ1n) is 8.99. The van der Waals surface area contributed by atoms with Crippen molar-refractivity contribution in [2.75, 3.05) is 0 Å². The third-order valence-electron chi connectivity index (χ3n) is 4.29. The van der Waals surface area contributed by atoms with Gasteiger partial charge < -0.3 is 20.4 Å². The second kappa shape index (κ2) is 10.8. The molecule has 0 atom stereocenters. The number of phenols is 4. The van der Waals surface area contributed by atoms with Crippen molar-refractivity contribution in [1.82, 2.24) is 0 Å². The van der Waals surface area contributed by atoms with Gasteiger partial charge >= 0.3 is 0 Å². The summed E-state index contributed by atoms with van der Waals surface area (Å²) in [5.74, 6) is -3.32. The number of phenolic OH excluding ortho intramolecular Hbond substituents is 4. The average molecular weight is 338 g/mol. The summed E-state index contributed by atoms with van der Waals surface area (Å²) in [5, 5.41) is 37.9. The van der Waals surface area contributed by atoms with Crippen LogP contribution in [0.1, 0.15) is 87.9 Å². The summed E-state index contributed by atoms with van der Waals surface area (Å²) in [4.78, 5) is 12.1. The second-order valence-electron chi connectivity index (χ2n) is 6.34. The van der Waals surface area contributed by atoms with Gasteiger partial charge in [0.2, 0.25) is 11.5 Å². The molecule has 0 fully saturated rings. The van der Waals surface area contributed by atoms with E-state index in [1.165, 1.54) is 44.9 Å². The first kappa shape index (κ1) is 20.1. The Labute approximate surface area is 144 Å². The van der Waals surface area contributed by atoms with Gasteiger partial charge in [-0.3, -0.25) is 4.79 Å². The lowest BCUT2D eigenvalue weighted by Crippen LogP contribution is -2.00. The van der Waals surface area contributed by atoms with Crippen LogP contribution in [0.25, 0.3) is 0 Å². The zero-order valence-electron chi connectivity index (χ0n) is 14.6. The number of unbranched alkanes of at least 4 members (excludes halogenated alkanes) is 9. The molecule has 0 aliphatic carbocycles. The predicted octanol–water partition coefficient (Wildman–Crippen LogP) is 5.00. The molecule has 5 heteroatoms. The van der Waals surface area contributed by atoms with Crippen LogP contribution in [0.15, 0.2) is 6.07 Å². The highest BCUT2D eigenvalue weighted by Crippen LogP contribution is 2.44. The standard InChI is InChI=1S/C19H30O5/c1-2-3-4-5-6-7-8-9-10-11-12-15(20)14-13-16(21)18(23)19(24)17(14)22/h13,21-24H,2-12H2,1H3. The first-order valence-corrected chi connectivity index (χ1v) is 8.99. The molecule has 1 aromatic carbocycles. The van der Waals surface area contributed by atoms with Gasteiger partial charge in [-0.2, -0.15) is 0 Å². The number of aromatic hydroxyl groups is 4. The van der Waals surface area contributed by atoms with Gasteiger partial charge in [-0.1, -0.05) is 64.7 Å². The lowest BCUT2D eigenvalue weighted by molar-refractivity contribution is 0.0975.